The lowest BCUT2D eigenvalue weighted by Gasteiger charge is -2.32. The molecule has 4 amide bonds. The first kappa shape index (κ1) is 42.5. The maximum Gasteiger partial charge on any atom is 0.321 e. The number of nitrogens with one attached hydrogen (secondary N) is 2. The minimum absolute atomic E-state index is 0.0787. The third-order valence-corrected chi connectivity index (χ3v) is 15.5. The van der Waals surface area contributed by atoms with E-state index < -0.39 is 50.2 Å². The summed E-state index contributed by atoms with van der Waals surface area (Å²) >= 11 is 1.50. The van der Waals surface area contributed by atoms with Gasteiger partial charge >= 0.3 is 6.03 Å². The van der Waals surface area contributed by atoms with Gasteiger partial charge in [-0.15, -0.1) is 11.3 Å². The largest absolute Gasteiger partial charge is 0.497 e. The smallest absolute Gasteiger partial charge is 0.321 e. The van der Waals surface area contributed by atoms with Crippen LogP contribution in [0.15, 0.2) is 66.1 Å². The van der Waals surface area contributed by atoms with E-state index in [1.54, 1.807) is 30.9 Å². The van der Waals surface area contributed by atoms with E-state index >= 15 is 0 Å². The van der Waals surface area contributed by atoms with Crippen molar-refractivity contribution in [2.45, 2.75) is 107 Å². The Balaban J connectivity index is 1.14. The molecule has 4 aliphatic rings. The molecule has 0 unspecified atom stereocenters. The Morgan fingerprint density at radius 3 is 2.48 bits per heavy atom. The predicted molar refractivity (Wildman–Crippen MR) is 233 cm³/mol. The number of rotatable bonds is 11. The van der Waals surface area contributed by atoms with E-state index in [-0.39, 0.29) is 31.3 Å². The SMILES string of the molecule is COc1ccc(CN2CCCCC/C=C\[C@@H]3C[C@@]3(C(=O)NS(=O)(=O)C3(C)CC3)NC(=O)[C@@H]3C[C@@H](Oc4cc(-c5nc(C(C)C)cs5)nc5cc(OC)ccc45)CN3C2=O)cc1. The number of carbonyl (C=O) groups excluding carboxylic acids is 3. The van der Waals surface area contributed by atoms with Gasteiger partial charge in [0, 0.05) is 48.3 Å². The molecule has 2 aliphatic heterocycles. The quantitative estimate of drug-likeness (QED) is 0.151. The van der Waals surface area contributed by atoms with E-state index in [9.17, 15) is 22.8 Å². The van der Waals surface area contributed by atoms with Crippen molar-refractivity contribution in [3.05, 3.63) is 77.3 Å². The topological polar surface area (TPSA) is 169 Å². The van der Waals surface area contributed by atoms with Gasteiger partial charge in [-0.1, -0.05) is 44.6 Å². The molecule has 0 radical (unpaired) electrons. The molecule has 4 atom stereocenters. The van der Waals surface area contributed by atoms with E-state index in [0.29, 0.717) is 54.4 Å². The lowest BCUT2D eigenvalue weighted by atomic mass is 10.1. The zero-order valence-corrected chi connectivity index (χ0v) is 36.9. The second-order valence-electron chi connectivity index (χ2n) is 17.3. The number of amides is 4. The fourth-order valence-electron chi connectivity index (χ4n) is 8.15. The summed E-state index contributed by atoms with van der Waals surface area (Å²) in [6, 6.07) is 13.6. The zero-order valence-electron chi connectivity index (χ0n) is 35.3. The van der Waals surface area contributed by atoms with Crippen LogP contribution in [0.25, 0.3) is 21.6 Å². The van der Waals surface area contributed by atoms with Gasteiger partial charge in [-0.25, -0.2) is 23.2 Å². The second-order valence-corrected chi connectivity index (χ2v) is 20.3. The first-order chi connectivity index (χ1) is 29.2. The van der Waals surface area contributed by atoms with Crippen molar-refractivity contribution in [2.75, 3.05) is 27.3 Å². The van der Waals surface area contributed by atoms with Crippen molar-refractivity contribution < 1.29 is 37.0 Å². The Labute approximate surface area is 361 Å². The van der Waals surface area contributed by atoms with E-state index in [0.717, 1.165) is 47.3 Å². The number of methoxy groups -OCH3 is 2. The minimum Gasteiger partial charge on any atom is -0.497 e. The Kier molecular flexibility index (Phi) is 11.8. The van der Waals surface area contributed by atoms with E-state index in [1.807, 2.05) is 66.1 Å². The van der Waals surface area contributed by atoms with Gasteiger partial charge in [-0.05, 0) is 81.2 Å². The summed E-state index contributed by atoms with van der Waals surface area (Å²) in [6.07, 6.45) is 7.76. The zero-order chi connectivity index (χ0) is 43.1. The molecule has 0 bridgehead atoms. The fourth-order valence-corrected chi connectivity index (χ4v) is 10.4. The average Bonchev–Trinajstić information content (AvgIpc) is 4.02. The summed E-state index contributed by atoms with van der Waals surface area (Å²) in [5.41, 5.74) is 1.63. The molecule has 61 heavy (non-hydrogen) atoms. The number of urea groups is 1. The molecule has 4 aromatic rings. The number of benzene rings is 2. The van der Waals surface area contributed by atoms with Crippen molar-refractivity contribution in [3.8, 4) is 28.0 Å². The second kappa shape index (κ2) is 16.9. The van der Waals surface area contributed by atoms with Gasteiger partial charge in [0.2, 0.25) is 15.9 Å². The van der Waals surface area contributed by atoms with Crippen LogP contribution in [0.2, 0.25) is 0 Å². The fraction of sp³-hybridized carbons (Fsp3) is 0.489. The molecule has 2 N–H and O–H groups in total. The number of ether oxygens (including phenoxy) is 3. The van der Waals surface area contributed by atoms with Crippen molar-refractivity contribution in [3.63, 3.8) is 0 Å². The van der Waals surface area contributed by atoms with Crippen molar-refractivity contribution >= 4 is 50.1 Å². The highest BCUT2D eigenvalue weighted by molar-refractivity contribution is 7.91. The van der Waals surface area contributed by atoms with Gasteiger partial charge in [0.15, 0.2) is 0 Å². The molecule has 2 aliphatic carbocycles. The van der Waals surface area contributed by atoms with Gasteiger partial charge < -0.3 is 29.3 Å². The summed E-state index contributed by atoms with van der Waals surface area (Å²) in [6.45, 7) is 6.63. The van der Waals surface area contributed by atoms with Crippen molar-refractivity contribution in [1.82, 2.24) is 29.8 Å². The van der Waals surface area contributed by atoms with Crippen molar-refractivity contribution in [2.24, 2.45) is 5.92 Å². The Morgan fingerprint density at radius 2 is 1.77 bits per heavy atom. The molecule has 2 aromatic carbocycles. The van der Waals surface area contributed by atoms with E-state index in [1.165, 1.54) is 11.3 Å². The van der Waals surface area contributed by atoms with Gasteiger partial charge in [0.05, 0.1) is 36.7 Å². The monoisotopic (exact) mass is 870 g/mol. The lowest BCUT2D eigenvalue weighted by molar-refractivity contribution is -0.131. The number of hydrogen-bond acceptors (Lipinski definition) is 11. The number of thiazole rings is 1. The number of sulfonamides is 1. The lowest BCUT2D eigenvalue weighted by Crippen LogP contribution is -2.58. The molecule has 8 rings (SSSR count). The number of allylic oxidation sites excluding steroid dienone is 1. The first-order valence-electron chi connectivity index (χ1n) is 21.1. The van der Waals surface area contributed by atoms with Crippen molar-refractivity contribution in [1.29, 1.82) is 0 Å². The Bertz CT molecular complexity index is 2450. The number of hydrogen-bond donors (Lipinski definition) is 2. The molecule has 2 aromatic heterocycles. The number of nitrogens with zero attached hydrogens (tertiary/aromatic N) is 4. The van der Waals surface area contributed by atoms with Gasteiger partial charge in [0.1, 0.15) is 45.6 Å². The molecule has 16 heteroatoms. The summed E-state index contributed by atoms with van der Waals surface area (Å²) in [5, 5.41) is 6.47. The van der Waals surface area contributed by atoms with Crippen LogP contribution in [0.4, 0.5) is 4.79 Å². The first-order valence-corrected chi connectivity index (χ1v) is 23.4. The highest BCUT2D eigenvalue weighted by atomic mass is 32.2. The number of aromatic nitrogens is 2. The number of carbonyl (C=O) groups is 3. The van der Waals surface area contributed by atoms with Crippen LogP contribution in [0.5, 0.6) is 17.2 Å². The normalized spacial score (nSPS) is 24.5. The molecular formula is C45H54N6O8S2. The predicted octanol–water partition coefficient (Wildman–Crippen LogP) is 6.95. The van der Waals surface area contributed by atoms with Crippen LogP contribution in [0.1, 0.15) is 89.3 Å². The minimum atomic E-state index is -3.98. The van der Waals surface area contributed by atoms with Crippen LogP contribution in [0, 0.1) is 5.92 Å². The number of fused-ring (bicyclic) bond motifs is 3. The molecule has 324 valence electrons. The molecule has 2 saturated carbocycles. The van der Waals surface area contributed by atoms with Crippen LogP contribution >= 0.6 is 11.3 Å². The average molecular weight is 871 g/mol. The van der Waals surface area contributed by atoms with Crippen LogP contribution < -0.4 is 24.2 Å². The third-order valence-electron chi connectivity index (χ3n) is 12.5. The number of pyridine rings is 1. The highest BCUT2D eigenvalue weighted by Crippen LogP contribution is 2.48. The molecular weight excluding hydrogens is 817 g/mol. The van der Waals surface area contributed by atoms with Crippen LogP contribution in [-0.2, 0) is 26.2 Å². The van der Waals surface area contributed by atoms with Crippen LogP contribution in [-0.4, -0.2) is 95.8 Å². The standard InChI is InChI=1S/C45H54N6O8S2/c1-28(2)37-27-60-41(47-37)36-23-39(34-17-16-32(58-5)21-35(34)46-36)59-33-22-38-40(52)48-45(42(53)49-61(55,56)44(3)18-19-44)24-30(45)11-9-7-6-8-10-20-50(43(54)51(38)26-33)25-29-12-14-31(57-4)15-13-29/h9,11-17,21,23,27-28,30,33,38H,6-8,10,18-20,22,24-26H2,1-5H3,(H,48,52)(H,49,53)/b11-9-/t30-,33-,38+,45-/m1/s1. The van der Waals surface area contributed by atoms with E-state index in [4.69, 9.17) is 24.2 Å². The van der Waals surface area contributed by atoms with E-state index in [2.05, 4.69) is 23.9 Å². The molecule has 1 saturated heterocycles. The summed E-state index contributed by atoms with van der Waals surface area (Å²) < 4.78 is 45.6. The summed E-state index contributed by atoms with van der Waals surface area (Å²) in [4.78, 5) is 56.8. The molecule has 3 fully saturated rings. The summed E-state index contributed by atoms with van der Waals surface area (Å²) in [5.74, 6) is 0.362. The molecule has 14 nitrogen and oxygen atoms in total. The van der Waals surface area contributed by atoms with Gasteiger partial charge in [0.25, 0.3) is 5.91 Å². The molecule has 0 spiro atoms. The maximum absolute atomic E-state index is 14.9. The Hall–Kier alpha value is -5.22. The van der Waals surface area contributed by atoms with Gasteiger partial charge in [-0.3, -0.25) is 14.3 Å². The third kappa shape index (κ3) is 8.79. The highest BCUT2D eigenvalue weighted by Gasteiger charge is 2.63. The maximum atomic E-state index is 14.9. The van der Waals surface area contributed by atoms with Gasteiger partial charge in [-0.2, -0.15) is 0 Å². The summed E-state index contributed by atoms with van der Waals surface area (Å²) in [7, 11) is -0.783. The molecule has 4 heterocycles. The van der Waals surface area contributed by atoms with Crippen LogP contribution in [0.3, 0.4) is 0 Å². The Morgan fingerprint density at radius 1 is 1.02 bits per heavy atom.